The molecule has 1 saturated heterocycles. The van der Waals surface area contributed by atoms with E-state index in [-0.39, 0.29) is 11.5 Å². The maximum Gasteiger partial charge on any atom is 0.335 e. The van der Waals surface area contributed by atoms with Crippen LogP contribution in [0.3, 0.4) is 0 Å². The van der Waals surface area contributed by atoms with Crippen molar-refractivity contribution in [2.45, 2.75) is 19.3 Å². The van der Waals surface area contributed by atoms with Gasteiger partial charge in [0.25, 0.3) is 10.2 Å². The van der Waals surface area contributed by atoms with Crippen LogP contribution in [-0.2, 0) is 16.6 Å². The molecule has 150 valence electrons. The lowest BCUT2D eigenvalue weighted by Crippen LogP contribution is -2.45. The van der Waals surface area contributed by atoms with Gasteiger partial charge in [0.2, 0.25) is 0 Å². The van der Waals surface area contributed by atoms with Crippen molar-refractivity contribution in [2.24, 2.45) is 5.92 Å². The summed E-state index contributed by atoms with van der Waals surface area (Å²) >= 11 is 0. The van der Waals surface area contributed by atoms with E-state index >= 15 is 0 Å². The highest BCUT2D eigenvalue weighted by molar-refractivity contribution is 7.86. The Bertz CT molecular complexity index is 942. The minimum absolute atomic E-state index is 0.213. The molecule has 1 fully saturated rings. The monoisotopic (exact) mass is 403 g/mol. The van der Waals surface area contributed by atoms with E-state index in [2.05, 4.69) is 4.98 Å². The standard InChI is InChI=1S/C20H25N3O4S/c1-22(2)28(26,27)23-12-4-5-15(14-23)13-18-6-3-11-21-19(18)16-7-9-17(10-8-16)20(24)25/h3,6-11,15H,4-5,12-14H2,1-2H3,(H,24,25)/t15-/m0/s1. The summed E-state index contributed by atoms with van der Waals surface area (Å²) < 4.78 is 27.7. The summed E-state index contributed by atoms with van der Waals surface area (Å²) in [6.45, 7) is 1.04. The maximum absolute atomic E-state index is 12.5. The van der Waals surface area contributed by atoms with E-state index in [1.807, 2.05) is 12.1 Å². The first-order valence-corrected chi connectivity index (χ1v) is 10.6. The maximum atomic E-state index is 12.5. The number of hydrogen-bond acceptors (Lipinski definition) is 4. The lowest BCUT2D eigenvalue weighted by Gasteiger charge is -2.33. The number of pyridine rings is 1. The Morgan fingerprint density at radius 2 is 1.96 bits per heavy atom. The molecule has 0 unspecified atom stereocenters. The van der Waals surface area contributed by atoms with Gasteiger partial charge in [-0.25, -0.2) is 4.79 Å². The van der Waals surface area contributed by atoms with Gasteiger partial charge in [0.05, 0.1) is 11.3 Å². The van der Waals surface area contributed by atoms with Gasteiger partial charge < -0.3 is 5.11 Å². The fraction of sp³-hybridized carbons (Fsp3) is 0.400. The molecule has 3 rings (SSSR count). The van der Waals surface area contributed by atoms with E-state index in [1.54, 1.807) is 48.9 Å². The average molecular weight is 404 g/mol. The van der Waals surface area contributed by atoms with Gasteiger partial charge in [-0.15, -0.1) is 0 Å². The minimum atomic E-state index is -3.40. The lowest BCUT2D eigenvalue weighted by molar-refractivity contribution is 0.0697. The third-order valence-electron chi connectivity index (χ3n) is 5.07. The Balaban J connectivity index is 1.81. The molecule has 1 aromatic carbocycles. The average Bonchev–Trinajstić information content (AvgIpc) is 2.68. The van der Waals surface area contributed by atoms with Crippen molar-refractivity contribution in [1.29, 1.82) is 0 Å². The number of rotatable bonds is 6. The van der Waals surface area contributed by atoms with Gasteiger partial charge in [-0.2, -0.15) is 17.0 Å². The molecule has 2 heterocycles. The number of hydrogen-bond donors (Lipinski definition) is 1. The highest BCUT2D eigenvalue weighted by Gasteiger charge is 2.30. The summed E-state index contributed by atoms with van der Waals surface area (Å²) in [7, 11) is -0.296. The second-order valence-corrected chi connectivity index (χ2v) is 9.40. The van der Waals surface area contributed by atoms with Gasteiger partial charge in [0.1, 0.15) is 0 Å². The smallest absolute Gasteiger partial charge is 0.335 e. The van der Waals surface area contributed by atoms with Gasteiger partial charge >= 0.3 is 5.97 Å². The fourth-order valence-electron chi connectivity index (χ4n) is 3.58. The molecule has 1 atom stereocenters. The predicted octanol–water partition coefficient (Wildman–Crippen LogP) is 2.51. The van der Waals surface area contributed by atoms with Crippen LogP contribution in [0.4, 0.5) is 0 Å². The van der Waals surface area contributed by atoms with E-state index in [0.29, 0.717) is 13.1 Å². The molecule has 0 bridgehead atoms. The van der Waals surface area contributed by atoms with E-state index in [0.717, 1.165) is 36.1 Å². The largest absolute Gasteiger partial charge is 0.478 e. The number of benzene rings is 1. The Labute approximate surface area is 165 Å². The minimum Gasteiger partial charge on any atom is -0.478 e. The van der Waals surface area contributed by atoms with Crippen molar-refractivity contribution in [3.05, 3.63) is 53.7 Å². The van der Waals surface area contributed by atoms with Crippen molar-refractivity contribution in [2.75, 3.05) is 27.2 Å². The zero-order valence-electron chi connectivity index (χ0n) is 16.1. The lowest BCUT2D eigenvalue weighted by atomic mass is 9.90. The molecular weight excluding hydrogens is 378 g/mol. The summed E-state index contributed by atoms with van der Waals surface area (Å²) in [6.07, 6.45) is 4.24. The first-order chi connectivity index (χ1) is 13.3. The molecule has 0 saturated carbocycles. The second-order valence-electron chi connectivity index (χ2n) is 7.25. The zero-order valence-corrected chi connectivity index (χ0v) is 16.9. The summed E-state index contributed by atoms with van der Waals surface area (Å²) in [4.78, 5) is 15.6. The van der Waals surface area contributed by atoms with Gasteiger partial charge in [-0.3, -0.25) is 4.98 Å². The van der Waals surface area contributed by atoms with Crippen molar-refractivity contribution >= 4 is 16.2 Å². The van der Waals surface area contributed by atoms with Gasteiger partial charge in [0.15, 0.2) is 0 Å². The van der Waals surface area contributed by atoms with Crippen molar-refractivity contribution in [1.82, 2.24) is 13.6 Å². The normalized spacial score (nSPS) is 18.3. The highest BCUT2D eigenvalue weighted by atomic mass is 32.2. The molecule has 7 nitrogen and oxygen atoms in total. The topological polar surface area (TPSA) is 90.8 Å². The first kappa shape index (κ1) is 20.4. The van der Waals surface area contributed by atoms with Crippen LogP contribution in [0.25, 0.3) is 11.3 Å². The molecule has 1 aliphatic heterocycles. The van der Waals surface area contributed by atoms with Crippen LogP contribution in [0.15, 0.2) is 42.6 Å². The van der Waals surface area contributed by atoms with Crippen molar-refractivity contribution < 1.29 is 18.3 Å². The van der Waals surface area contributed by atoms with Crippen LogP contribution in [-0.4, -0.2) is 60.3 Å². The summed E-state index contributed by atoms with van der Waals surface area (Å²) in [5.41, 5.74) is 2.94. The third-order valence-corrected chi connectivity index (χ3v) is 6.98. The van der Waals surface area contributed by atoms with Gasteiger partial charge in [0, 0.05) is 38.9 Å². The summed E-state index contributed by atoms with van der Waals surface area (Å²) in [5, 5.41) is 9.07. The SMILES string of the molecule is CN(C)S(=O)(=O)N1CCC[C@@H](Cc2cccnc2-c2ccc(C(=O)O)cc2)C1. The van der Waals surface area contributed by atoms with Crippen LogP contribution in [0, 0.1) is 5.92 Å². The Hall–Kier alpha value is -2.29. The second kappa shape index (κ2) is 8.38. The number of nitrogens with zero attached hydrogens (tertiary/aromatic N) is 3. The predicted molar refractivity (Wildman–Crippen MR) is 107 cm³/mol. The molecule has 8 heteroatoms. The quantitative estimate of drug-likeness (QED) is 0.800. The molecule has 1 aromatic heterocycles. The molecule has 0 amide bonds. The fourth-order valence-corrected chi connectivity index (χ4v) is 4.80. The first-order valence-electron chi connectivity index (χ1n) is 9.24. The molecule has 1 N–H and O–H groups in total. The van der Waals surface area contributed by atoms with E-state index in [4.69, 9.17) is 5.11 Å². The Morgan fingerprint density at radius 3 is 2.61 bits per heavy atom. The molecular formula is C20H25N3O4S. The van der Waals surface area contributed by atoms with Gasteiger partial charge in [-0.1, -0.05) is 18.2 Å². The third kappa shape index (κ3) is 4.40. The van der Waals surface area contributed by atoms with E-state index < -0.39 is 16.2 Å². The van der Waals surface area contributed by atoms with Crippen LogP contribution >= 0.6 is 0 Å². The number of carbonyl (C=O) groups is 1. The zero-order chi connectivity index (χ0) is 20.3. The van der Waals surface area contributed by atoms with E-state index in [9.17, 15) is 13.2 Å². The molecule has 1 aliphatic rings. The van der Waals surface area contributed by atoms with Crippen LogP contribution in [0.1, 0.15) is 28.8 Å². The Morgan fingerprint density at radius 1 is 1.25 bits per heavy atom. The molecule has 28 heavy (non-hydrogen) atoms. The Kier molecular flexibility index (Phi) is 6.12. The number of carboxylic acid groups (broad SMARTS) is 1. The number of carboxylic acids is 1. The van der Waals surface area contributed by atoms with Crippen LogP contribution in [0.5, 0.6) is 0 Å². The highest BCUT2D eigenvalue weighted by Crippen LogP contribution is 2.28. The summed E-state index contributed by atoms with van der Waals surface area (Å²) in [5.74, 6) is -0.748. The van der Waals surface area contributed by atoms with Crippen molar-refractivity contribution in [3.8, 4) is 11.3 Å². The number of aromatic carboxylic acids is 1. The van der Waals surface area contributed by atoms with Gasteiger partial charge in [-0.05, 0) is 48.9 Å². The summed E-state index contributed by atoms with van der Waals surface area (Å²) in [6, 6.07) is 10.6. The molecule has 0 radical (unpaired) electrons. The number of aromatic nitrogens is 1. The van der Waals surface area contributed by atoms with E-state index in [1.165, 1.54) is 4.31 Å². The molecule has 2 aromatic rings. The van der Waals surface area contributed by atoms with Crippen molar-refractivity contribution in [3.63, 3.8) is 0 Å². The molecule has 0 spiro atoms. The van der Waals surface area contributed by atoms with Crippen LogP contribution < -0.4 is 0 Å². The number of piperidine rings is 1. The van der Waals surface area contributed by atoms with Crippen LogP contribution in [0.2, 0.25) is 0 Å². The molecule has 0 aliphatic carbocycles.